The van der Waals surface area contributed by atoms with Crippen molar-refractivity contribution in [3.05, 3.63) is 82.4 Å². The maximum Gasteiger partial charge on any atom is 0.262 e. The number of nitrogens with zero attached hydrogens (tertiary/aromatic N) is 1. The number of phenolic OH excluding ortho intramolecular Hbond substituents is 2. The third-order valence-corrected chi connectivity index (χ3v) is 6.80. The van der Waals surface area contributed by atoms with Crippen molar-refractivity contribution < 1.29 is 15.0 Å². The van der Waals surface area contributed by atoms with Crippen molar-refractivity contribution in [3.63, 3.8) is 0 Å². The van der Waals surface area contributed by atoms with Crippen molar-refractivity contribution in [1.82, 2.24) is 5.32 Å². The fourth-order valence-electron chi connectivity index (χ4n) is 3.89. The first-order valence-corrected chi connectivity index (χ1v) is 11.8. The van der Waals surface area contributed by atoms with Crippen LogP contribution in [0.5, 0.6) is 11.5 Å². The van der Waals surface area contributed by atoms with Gasteiger partial charge in [0.2, 0.25) is 0 Å². The Morgan fingerprint density at radius 3 is 2.61 bits per heavy atom. The number of aryl methyl sites for hydroxylation is 1. The number of hydrogen-bond donors (Lipinski definition) is 3. The molecule has 0 unspecified atom stereocenters. The summed E-state index contributed by atoms with van der Waals surface area (Å²) in [6.07, 6.45) is 3.49. The van der Waals surface area contributed by atoms with Gasteiger partial charge in [0.1, 0.15) is 11.6 Å². The van der Waals surface area contributed by atoms with Gasteiger partial charge in [0.15, 0.2) is 11.5 Å². The Labute approximate surface area is 197 Å². The molecule has 1 amide bonds. The van der Waals surface area contributed by atoms with E-state index in [4.69, 9.17) is 0 Å². The van der Waals surface area contributed by atoms with E-state index < -0.39 is 5.91 Å². The van der Waals surface area contributed by atoms with Gasteiger partial charge in [0.05, 0.1) is 0 Å². The maximum absolute atomic E-state index is 12.5. The van der Waals surface area contributed by atoms with Crippen molar-refractivity contribution >= 4 is 23.7 Å². The Balaban J connectivity index is 1.64. The second-order valence-corrected chi connectivity index (χ2v) is 8.88. The number of hydrogen-bond acceptors (Lipinski definition) is 5. The minimum absolute atomic E-state index is 0.0809. The zero-order chi connectivity index (χ0) is 23.4. The number of carbonyl (C=O) groups excluding carboxylic acids is 1. The van der Waals surface area contributed by atoms with E-state index in [1.165, 1.54) is 23.3 Å². The summed E-state index contributed by atoms with van der Waals surface area (Å²) >= 11 is 1.72. The Hall–Kier alpha value is -3.69. The highest BCUT2D eigenvalue weighted by Crippen LogP contribution is 2.49. The first kappa shape index (κ1) is 22.5. The van der Waals surface area contributed by atoms with Crippen LogP contribution in [0.2, 0.25) is 0 Å². The van der Waals surface area contributed by atoms with E-state index >= 15 is 0 Å². The van der Waals surface area contributed by atoms with Crippen LogP contribution in [0.25, 0.3) is 17.2 Å². The first-order chi connectivity index (χ1) is 16.0. The summed E-state index contributed by atoms with van der Waals surface area (Å²) in [7, 11) is 0. The summed E-state index contributed by atoms with van der Waals surface area (Å²) in [6.45, 7) is 2.45. The fourth-order valence-corrected chi connectivity index (χ4v) is 4.97. The molecule has 0 aliphatic carbocycles. The molecule has 3 aromatic rings. The summed E-state index contributed by atoms with van der Waals surface area (Å²) in [5, 5.41) is 33.2. The molecule has 3 aromatic carbocycles. The maximum atomic E-state index is 12.5. The predicted octanol–water partition coefficient (Wildman–Crippen LogP) is 5.55. The largest absolute Gasteiger partial charge is 0.504 e. The lowest BCUT2D eigenvalue weighted by Crippen LogP contribution is -2.23. The zero-order valence-corrected chi connectivity index (χ0v) is 19.1. The molecule has 166 valence electrons. The molecule has 0 spiro atoms. The second kappa shape index (κ2) is 9.85. The standard InChI is InChI=1S/C27H24N2O3S/c1-2-6-19-9-10-21(26-23(19)16-33-26)22-12-18(13-24(30)25(22)31)11-20(14-28)27(32)29-15-17-7-4-3-5-8-17/h3-5,7-13,30-31H,2,6,15-16H2,1H3,(H,29,32). The summed E-state index contributed by atoms with van der Waals surface area (Å²) < 4.78 is 0. The van der Waals surface area contributed by atoms with E-state index in [2.05, 4.69) is 18.3 Å². The van der Waals surface area contributed by atoms with Gasteiger partial charge in [-0.2, -0.15) is 5.26 Å². The van der Waals surface area contributed by atoms with Crippen LogP contribution in [0.1, 0.15) is 35.6 Å². The van der Waals surface area contributed by atoms with Crippen molar-refractivity contribution in [2.24, 2.45) is 0 Å². The van der Waals surface area contributed by atoms with Crippen LogP contribution in [0.3, 0.4) is 0 Å². The molecule has 0 fully saturated rings. The smallest absolute Gasteiger partial charge is 0.262 e. The minimum atomic E-state index is -0.501. The number of thioether (sulfide) groups is 1. The van der Waals surface area contributed by atoms with Gasteiger partial charge in [0.25, 0.3) is 5.91 Å². The van der Waals surface area contributed by atoms with E-state index in [9.17, 15) is 20.3 Å². The van der Waals surface area contributed by atoms with E-state index in [1.807, 2.05) is 42.5 Å². The average Bonchev–Trinajstić information content (AvgIpc) is 2.80. The quantitative estimate of drug-likeness (QED) is 0.246. The first-order valence-electron chi connectivity index (χ1n) is 10.8. The molecule has 5 nitrogen and oxygen atoms in total. The van der Waals surface area contributed by atoms with E-state index in [-0.39, 0.29) is 17.1 Å². The van der Waals surface area contributed by atoms with Crippen LogP contribution in [0.15, 0.2) is 65.1 Å². The predicted molar refractivity (Wildman–Crippen MR) is 131 cm³/mol. The van der Waals surface area contributed by atoms with Crippen LogP contribution in [-0.2, 0) is 23.5 Å². The van der Waals surface area contributed by atoms with Gasteiger partial charge in [-0.1, -0.05) is 55.8 Å². The van der Waals surface area contributed by atoms with Crippen LogP contribution < -0.4 is 5.32 Å². The molecular formula is C27H24N2O3S. The van der Waals surface area contributed by atoms with Crippen LogP contribution in [0.4, 0.5) is 0 Å². The van der Waals surface area contributed by atoms with Gasteiger partial charge < -0.3 is 15.5 Å². The van der Waals surface area contributed by atoms with Crippen LogP contribution >= 0.6 is 11.8 Å². The van der Waals surface area contributed by atoms with Crippen molar-refractivity contribution in [3.8, 4) is 28.7 Å². The summed E-state index contributed by atoms with van der Waals surface area (Å²) in [4.78, 5) is 13.7. The molecular weight excluding hydrogens is 432 g/mol. The molecule has 0 radical (unpaired) electrons. The van der Waals surface area contributed by atoms with Gasteiger partial charge in [-0.05, 0) is 52.4 Å². The highest BCUT2D eigenvalue weighted by atomic mass is 32.2. The Morgan fingerprint density at radius 1 is 1.15 bits per heavy atom. The number of benzene rings is 3. The number of aromatic hydroxyl groups is 2. The third kappa shape index (κ3) is 4.74. The molecule has 4 rings (SSSR count). The topological polar surface area (TPSA) is 93.4 Å². The molecule has 3 N–H and O–H groups in total. The highest BCUT2D eigenvalue weighted by molar-refractivity contribution is 8.00. The monoisotopic (exact) mass is 456 g/mol. The van der Waals surface area contributed by atoms with Crippen molar-refractivity contribution in [1.29, 1.82) is 5.26 Å². The normalized spacial score (nSPS) is 12.4. The van der Waals surface area contributed by atoms with E-state index in [0.29, 0.717) is 17.7 Å². The molecule has 1 heterocycles. The lowest BCUT2D eigenvalue weighted by Gasteiger charge is -2.26. The lowest BCUT2D eigenvalue weighted by molar-refractivity contribution is -0.117. The second-order valence-electron chi connectivity index (χ2n) is 7.89. The van der Waals surface area contributed by atoms with Gasteiger partial charge in [-0.25, -0.2) is 0 Å². The highest BCUT2D eigenvalue weighted by Gasteiger charge is 2.24. The van der Waals surface area contributed by atoms with E-state index in [1.54, 1.807) is 17.8 Å². The van der Waals surface area contributed by atoms with Crippen molar-refractivity contribution in [2.75, 3.05) is 0 Å². The molecule has 6 heteroatoms. The molecule has 1 aliphatic rings. The molecule has 0 atom stereocenters. The third-order valence-electron chi connectivity index (χ3n) is 5.61. The molecule has 0 aromatic heterocycles. The number of fused-ring (bicyclic) bond motifs is 1. The summed E-state index contributed by atoms with van der Waals surface area (Å²) in [5.41, 5.74) is 5.24. The van der Waals surface area contributed by atoms with Crippen LogP contribution in [-0.4, -0.2) is 16.1 Å². The molecule has 0 saturated carbocycles. The van der Waals surface area contributed by atoms with E-state index in [0.717, 1.165) is 34.6 Å². The van der Waals surface area contributed by atoms with Gasteiger partial charge >= 0.3 is 0 Å². The van der Waals surface area contributed by atoms with Gasteiger partial charge in [0, 0.05) is 22.8 Å². The number of phenols is 2. The fraction of sp³-hybridized carbons (Fsp3) is 0.185. The number of amides is 1. The molecule has 0 bridgehead atoms. The lowest BCUT2D eigenvalue weighted by atomic mass is 9.94. The van der Waals surface area contributed by atoms with Gasteiger partial charge in [-0.3, -0.25) is 4.79 Å². The summed E-state index contributed by atoms with van der Waals surface area (Å²) in [6, 6.07) is 18.5. The molecule has 0 saturated heterocycles. The number of nitrogens with one attached hydrogen (secondary N) is 1. The van der Waals surface area contributed by atoms with Gasteiger partial charge in [-0.15, -0.1) is 11.8 Å². The Morgan fingerprint density at radius 2 is 1.94 bits per heavy atom. The van der Waals surface area contributed by atoms with Crippen molar-refractivity contribution in [2.45, 2.75) is 37.0 Å². The van der Waals surface area contributed by atoms with Crippen LogP contribution in [0, 0.1) is 11.3 Å². The Bertz CT molecular complexity index is 1280. The molecule has 1 aliphatic heterocycles. The average molecular weight is 457 g/mol. The summed E-state index contributed by atoms with van der Waals surface area (Å²) in [5.74, 6) is -0.0713. The Kier molecular flexibility index (Phi) is 6.71. The minimum Gasteiger partial charge on any atom is -0.504 e. The number of carbonyl (C=O) groups is 1. The SMILES string of the molecule is CCCc1ccc(-c2cc(C=C(C#N)C(=O)NCc3ccccc3)cc(O)c2O)c2c1CS2. The number of nitriles is 1. The zero-order valence-electron chi connectivity index (χ0n) is 18.3. The molecule has 33 heavy (non-hydrogen) atoms. The number of rotatable bonds is 7.